The van der Waals surface area contributed by atoms with Crippen molar-refractivity contribution in [3.63, 3.8) is 0 Å². The lowest BCUT2D eigenvalue weighted by Crippen LogP contribution is -2.09. The first-order chi connectivity index (χ1) is 6.38. The van der Waals surface area contributed by atoms with Crippen molar-refractivity contribution in [2.24, 2.45) is 4.99 Å². The second kappa shape index (κ2) is 3.82. The number of aryl methyl sites for hydroxylation is 1. The number of rotatable bonds is 1. The monoisotopic (exact) mass is 191 g/mol. The highest BCUT2D eigenvalue weighted by Gasteiger charge is 2.05. The Morgan fingerprint density at radius 1 is 1.29 bits per heavy atom. The molecule has 0 atom stereocenters. The third kappa shape index (κ3) is 3.21. The predicted octanol–water partition coefficient (Wildman–Crippen LogP) is 2.92. The van der Waals surface area contributed by atoms with Gasteiger partial charge in [-0.2, -0.15) is 0 Å². The Bertz CT molecular complexity index is 348. The van der Waals surface area contributed by atoms with Crippen molar-refractivity contribution in [2.75, 3.05) is 0 Å². The van der Waals surface area contributed by atoms with Crippen LogP contribution in [0.3, 0.4) is 0 Å². The molecule has 0 aromatic heterocycles. The van der Waals surface area contributed by atoms with Crippen LogP contribution in [0, 0.1) is 6.92 Å². The summed E-state index contributed by atoms with van der Waals surface area (Å²) in [7, 11) is 0. The zero-order valence-electron chi connectivity index (χ0n) is 9.20. The van der Waals surface area contributed by atoms with Crippen LogP contribution in [-0.2, 0) is 0 Å². The van der Waals surface area contributed by atoms with Gasteiger partial charge in [0.1, 0.15) is 5.75 Å². The zero-order valence-corrected chi connectivity index (χ0v) is 9.20. The van der Waals surface area contributed by atoms with E-state index in [0.717, 1.165) is 11.1 Å². The van der Waals surface area contributed by atoms with Crippen LogP contribution >= 0.6 is 0 Å². The van der Waals surface area contributed by atoms with Crippen molar-refractivity contribution in [3.8, 4) is 5.75 Å². The van der Waals surface area contributed by atoms with Crippen molar-refractivity contribution < 1.29 is 5.11 Å². The Labute approximate surface area is 85.3 Å². The molecule has 0 aliphatic carbocycles. The van der Waals surface area contributed by atoms with Crippen LogP contribution in [0.5, 0.6) is 5.75 Å². The van der Waals surface area contributed by atoms with E-state index in [1.807, 2.05) is 39.8 Å². The van der Waals surface area contributed by atoms with E-state index in [-0.39, 0.29) is 11.3 Å². The number of phenols is 1. The summed E-state index contributed by atoms with van der Waals surface area (Å²) in [6, 6.07) is 5.49. The lowest BCUT2D eigenvalue weighted by atomic mass is 10.1. The fourth-order valence-electron chi connectivity index (χ4n) is 1.04. The third-order valence-electron chi connectivity index (χ3n) is 1.77. The van der Waals surface area contributed by atoms with Crippen molar-refractivity contribution in [1.82, 2.24) is 0 Å². The van der Waals surface area contributed by atoms with E-state index in [4.69, 9.17) is 0 Å². The molecule has 0 saturated carbocycles. The second-order valence-corrected chi connectivity index (χ2v) is 4.49. The van der Waals surface area contributed by atoms with Crippen molar-refractivity contribution in [2.45, 2.75) is 33.2 Å². The highest BCUT2D eigenvalue weighted by atomic mass is 16.3. The summed E-state index contributed by atoms with van der Waals surface area (Å²) in [5.74, 6) is 0.281. The molecule has 0 aliphatic rings. The molecule has 0 heterocycles. The second-order valence-electron chi connectivity index (χ2n) is 4.49. The molecule has 0 aliphatic heterocycles. The fourth-order valence-corrected chi connectivity index (χ4v) is 1.04. The van der Waals surface area contributed by atoms with Gasteiger partial charge >= 0.3 is 0 Å². The molecule has 0 amide bonds. The maximum absolute atomic E-state index is 9.54. The summed E-state index contributed by atoms with van der Waals surface area (Å²) in [5.41, 5.74) is 1.80. The van der Waals surface area contributed by atoms with E-state index in [9.17, 15) is 5.11 Å². The molecule has 2 heteroatoms. The normalized spacial score (nSPS) is 12.3. The SMILES string of the molecule is Cc1ccc(O)c(C=NC(C)(C)C)c1. The maximum Gasteiger partial charge on any atom is 0.124 e. The lowest BCUT2D eigenvalue weighted by Gasteiger charge is -2.11. The zero-order chi connectivity index (χ0) is 10.8. The van der Waals surface area contributed by atoms with Gasteiger partial charge in [0.2, 0.25) is 0 Å². The first-order valence-electron chi connectivity index (χ1n) is 4.73. The molecule has 76 valence electrons. The van der Waals surface area contributed by atoms with Gasteiger partial charge in [0, 0.05) is 11.8 Å². The quantitative estimate of drug-likeness (QED) is 0.680. The smallest absolute Gasteiger partial charge is 0.124 e. The van der Waals surface area contributed by atoms with Gasteiger partial charge in [-0.25, -0.2) is 0 Å². The number of benzene rings is 1. The van der Waals surface area contributed by atoms with Crippen LogP contribution in [-0.4, -0.2) is 16.9 Å². The minimum atomic E-state index is -0.101. The Morgan fingerprint density at radius 2 is 1.93 bits per heavy atom. The molecule has 0 radical (unpaired) electrons. The highest BCUT2D eigenvalue weighted by molar-refractivity contribution is 5.83. The fraction of sp³-hybridized carbons (Fsp3) is 0.417. The minimum Gasteiger partial charge on any atom is -0.507 e. The molecule has 0 fully saturated rings. The van der Waals surface area contributed by atoms with Crippen molar-refractivity contribution in [1.29, 1.82) is 0 Å². The number of phenolic OH excluding ortho intramolecular Hbond substituents is 1. The summed E-state index contributed by atoms with van der Waals surface area (Å²) < 4.78 is 0. The van der Waals surface area contributed by atoms with Gasteiger partial charge in [-0.15, -0.1) is 0 Å². The summed E-state index contributed by atoms with van der Waals surface area (Å²) in [6.45, 7) is 8.07. The number of hydrogen-bond donors (Lipinski definition) is 1. The Hall–Kier alpha value is -1.31. The van der Waals surface area contributed by atoms with Crippen LogP contribution < -0.4 is 0 Å². The van der Waals surface area contributed by atoms with Gasteiger partial charge in [0.05, 0.1) is 5.54 Å². The van der Waals surface area contributed by atoms with Crippen molar-refractivity contribution in [3.05, 3.63) is 29.3 Å². The minimum absolute atomic E-state index is 0.101. The number of aromatic hydroxyl groups is 1. The molecule has 2 nitrogen and oxygen atoms in total. The van der Waals surface area contributed by atoms with Crippen LogP contribution in [0.15, 0.2) is 23.2 Å². The van der Waals surface area contributed by atoms with Crippen LogP contribution in [0.2, 0.25) is 0 Å². The molecule has 14 heavy (non-hydrogen) atoms. The van der Waals surface area contributed by atoms with Gasteiger partial charge in [0.25, 0.3) is 0 Å². The molecule has 1 rings (SSSR count). The predicted molar refractivity (Wildman–Crippen MR) is 60.2 cm³/mol. The summed E-state index contributed by atoms with van der Waals surface area (Å²) >= 11 is 0. The molecule has 0 spiro atoms. The summed E-state index contributed by atoms with van der Waals surface area (Å²) in [6.07, 6.45) is 1.72. The average molecular weight is 191 g/mol. The topological polar surface area (TPSA) is 32.6 Å². The van der Waals surface area contributed by atoms with E-state index in [0.29, 0.717) is 0 Å². The van der Waals surface area contributed by atoms with Crippen molar-refractivity contribution >= 4 is 6.21 Å². The largest absolute Gasteiger partial charge is 0.507 e. The Morgan fingerprint density at radius 3 is 2.50 bits per heavy atom. The van der Waals surface area contributed by atoms with Crippen LogP contribution in [0.25, 0.3) is 0 Å². The molecular formula is C12H17NO. The van der Waals surface area contributed by atoms with Crippen LogP contribution in [0.4, 0.5) is 0 Å². The molecule has 1 N–H and O–H groups in total. The van der Waals surface area contributed by atoms with E-state index >= 15 is 0 Å². The van der Waals surface area contributed by atoms with E-state index in [2.05, 4.69) is 4.99 Å². The van der Waals surface area contributed by atoms with E-state index < -0.39 is 0 Å². The number of aliphatic imine (C=N–C) groups is 1. The lowest BCUT2D eigenvalue weighted by molar-refractivity contribution is 0.474. The first-order valence-corrected chi connectivity index (χ1v) is 4.73. The van der Waals surface area contributed by atoms with Gasteiger partial charge in [-0.1, -0.05) is 11.6 Å². The first kappa shape index (κ1) is 10.8. The third-order valence-corrected chi connectivity index (χ3v) is 1.77. The Balaban J connectivity index is 2.97. The number of nitrogens with zero attached hydrogens (tertiary/aromatic N) is 1. The molecular weight excluding hydrogens is 174 g/mol. The van der Waals surface area contributed by atoms with Crippen LogP contribution in [0.1, 0.15) is 31.9 Å². The Kier molecular flexibility index (Phi) is 2.94. The van der Waals surface area contributed by atoms with Gasteiger partial charge < -0.3 is 5.11 Å². The standard InChI is InChI=1S/C12H17NO/c1-9-5-6-11(14)10(7-9)8-13-12(2,3)4/h5-8,14H,1-4H3. The molecule has 0 saturated heterocycles. The average Bonchev–Trinajstić information content (AvgIpc) is 2.05. The van der Waals surface area contributed by atoms with E-state index in [1.54, 1.807) is 12.3 Å². The number of hydrogen-bond acceptors (Lipinski definition) is 2. The van der Waals surface area contributed by atoms with E-state index in [1.165, 1.54) is 0 Å². The van der Waals surface area contributed by atoms with Gasteiger partial charge in [0.15, 0.2) is 0 Å². The molecule has 0 bridgehead atoms. The molecule has 0 unspecified atom stereocenters. The highest BCUT2D eigenvalue weighted by Crippen LogP contribution is 2.17. The van der Waals surface area contributed by atoms with Gasteiger partial charge in [-0.05, 0) is 39.8 Å². The summed E-state index contributed by atoms with van der Waals surface area (Å²) in [5, 5.41) is 9.54. The summed E-state index contributed by atoms with van der Waals surface area (Å²) in [4.78, 5) is 4.34. The molecule has 1 aromatic rings. The molecule has 1 aromatic carbocycles. The maximum atomic E-state index is 9.54. The van der Waals surface area contributed by atoms with Gasteiger partial charge in [-0.3, -0.25) is 4.99 Å².